The van der Waals surface area contributed by atoms with Crippen LogP contribution < -0.4 is 4.72 Å². The van der Waals surface area contributed by atoms with Crippen molar-refractivity contribution in [3.63, 3.8) is 0 Å². The number of carbonyl (C=O) groups is 1. The molecule has 1 aromatic heterocycles. The van der Waals surface area contributed by atoms with E-state index in [2.05, 4.69) is 4.72 Å². The second-order valence-electron chi connectivity index (χ2n) is 4.82. The summed E-state index contributed by atoms with van der Waals surface area (Å²) in [4.78, 5) is 11.0. The van der Waals surface area contributed by atoms with Gasteiger partial charge in [0.1, 0.15) is 10.6 Å². The van der Waals surface area contributed by atoms with E-state index in [0.717, 1.165) is 6.07 Å². The van der Waals surface area contributed by atoms with Crippen molar-refractivity contribution in [2.75, 3.05) is 12.0 Å². The van der Waals surface area contributed by atoms with Gasteiger partial charge in [0.15, 0.2) is 0 Å². The summed E-state index contributed by atoms with van der Waals surface area (Å²) < 4.78 is 39.3. The van der Waals surface area contributed by atoms with E-state index in [4.69, 9.17) is 5.11 Å². The third kappa shape index (κ3) is 4.94. The third-order valence-electron chi connectivity index (χ3n) is 2.71. The molecular weight excluding hydrogens is 316 g/mol. The predicted octanol–water partition coefficient (Wildman–Crippen LogP) is 0.642. The van der Waals surface area contributed by atoms with Crippen molar-refractivity contribution in [3.8, 4) is 0 Å². The van der Waals surface area contributed by atoms with Gasteiger partial charge in [-0.3, -0.25) is 4.21 Å². The van der Waals surface area contributed by atoms with E-state index < -0.39 is 32.8 Å². The summed E-state index contributed by atoms with van der Waals surface area (Å²) in [7, 11) is -4.95. The molecule has 0 aliphatic heterocycles. The number of aromatic carboxylic acids is 1. The monoisotopic (exact) mass is 336 g/mol. The van der Waals surface area contributed by atoms with Gasteiger partial charge in [0.05, 0.1) is 0 Å². The SMILES string of the molecule is CCCn1cc(S(=O)(=O)NC(C)CS(C)=O)cc1C(=O)O. The Kier molecular flexibility index (Phi) is 6.11. The molecule has 0 saturated carbocycles. The highest BCUT2D eigenvalue weighted by Gasteiger charge is 2.23. The molecule has 0 fully saturated rings. The van der Waals surface area contributed by atoms with Gasteiger partial charge in [-0.2, -0.15) is 0 Å². The van der Waals surface area contributed by atoms with Crippen molar-refractivity contribution < 1.29 is 22.5 Å². The quantitative estimate of drug-likeness (QED) is 0.725. The number of carboxylic acids is 1. The molecule has 2 N–H and O–H groups in total. The Balaban J connectivity index is 3.05. The highest BCUT2D eigenvalue weighted by molar-refractivity contribution is 7.89. The summed E-state index contributed by atoms with van der Waals surface area (Å²) in [5.41, 5.74) is -0.0658. The number of nitrogens with zero attached hydrogens (tertiary/aromatic N) is 1. The highest BCUT2D eigenvalue weighted by atomic mass is 32.2. The second-order valence-corrected chi connectivity index (χ2v) is 8.02. The van der Waals surface area contributed by atoms with Gasteiger partial charge in [-0.1, -0.05) is 6.92 Å². The zero-order valence-corrected chi connectivity index (χ0v) is 13.8. The van der Waals surface area contributed by atoms with E-state index >= 15 is 0 Å². The number of rotatable bonds is 8. The highest BCUT2D eigenvalue weighted by Crippen LogP contribution is 2.16. The summed E-state index contributed by atoms with van der Waals surface area (Å²) in [5, 5.41) is 9.10. The van der Waals surface area contributed by atoms with Crippen molar-refractivity contribution >= 4 is 26.8 Å². The fraction of sp³-hybridized carbons (Fsp3) is 0.583. The summed E-state index contributed by atoms with van der Waals surface area (Å²) in [6.45, 7) is 3.91. The molecule has 21 heavy (non-hydrogen) atoms. The van der Waals surface area contributed by atoms with Crippen molar-refractivity contribution in [2.24, 2.45) is 0 Å². The van der Waals surface area contributed by atoms with Crippen LogP contribution in [0.3, 0.4) is 0 Å². The lowest BCUT2D eigenvalue weighted by molar-refractivity contribution is 0.0685. The standard InChI is InChI=1S/C12H20N2O5S2/c1-4-5-14-7-10(6-11(14)12(15)16)21(18,19)13-9(2)8-20(3)17/h6-7,9,13H,4-5,8H2,1-3H3,(H,15,16). The van der Waals surface area contributed by atoms with E-state index in [1.165, 1.54) is 17.0 Å². The molecule has 0 saturated heterocycles. The Morgan fingerprint density at radius 1 is 1.52 bits per heavy atom. The number of aromatic nitrogens is 1. The van der Waals surface area contributed by atoms with E-state index in [0.29, 0.717) is 13.0 Å². The van der Waals surface area contributed by atoms with Gasteiger partial charge in [0.2, 0.25) is 10.0 Å². The van der Waals surface area contributed by atoms with Crippen LogP contribution in [0.2, 0.25) is 0 Å². The van der Waals surface area contributed by atoms with Gasteiger partial charge in [-0.25, -0.2) is 17.9 Å². The first-order valence-electron chi connectivity index (χ1n) is 6.43. The van der Waals surface area contributed by atoms with Crippen LogP contribution in [-0.4, -0.2) is 46.3 Å². The number of hydrogen-bond donors (Lipinski definition) is 2. The minimum Gasteiger partial charge on any atom is -0.477 e. The molecule has 1 aromatic rings. The minimum absolute atomic E-state index is 0.0658. The van der Waals surface area contributed by atoms with Crippen LogP contribution >= 0.6 is 0 Å². The lowest BCUT2D eigenvalue weighted by atomic mass is 10.4. The summed E-state index contributed by atoms with van der Waals surface area (Å²) in [5.74, 6) is -0.978. The molecular formula is C12H20N2O5S2. The zero-order chi connectivity index (χ0) is 16.2. The molecule has 0 aliphatic rings. The molecule has 1 rings (SSSR count). The number of carboxylic acid groups (broad SMARTS) is 1. The predicted molar refractivity (Wildman–Crippen MR) is 80.4 cm³/mol. The molecule has 9 heteroatoms. The third-order valence-corrected chi connectivity index (χ3v) is 5.23. The molecule has 0 aliphatic carbocycles. The molecule has 2 atom stereocenters. The number of sulfonamides is 1. The molecule has 1 heterocycles. The van der Waals surface area contributed by atoms with Crippen LogP contribution in [-0.2, 0) is 27.4 Å². The first-order valence-corrected chi connectivity index (χ1v) is 9.64. The first kappa shape index (κ1) is 17.9. The minimum atomic E-state index is -3.83. The largest absolute Gasteiger partial charge is 0.477 e. The molecule has 2 unspecified atom stereocenters. The normalized spacial score (nSPS) is 14.8. The smallest absolute Gasteiger partial charge is 0.352 e. The molecule has 0 radical (unpaired) electrons. The van der Waals surface area contributed by atoms with Crippen LogP contribution in [0.25, 0.3) is 0 Å². The summed E-state index contributed by atoms with van der Waals surface area (Å²) in [6, 6.07) is 0.638. The maximum absolute atomic E-state index is 12.2. The van der Waals surface area contributed by atoms with Gasteiger partial charge in [-0.15, -0.1) is 0 Å². The van der Waals surface area contributed by atoms with Crippen molar-refractivity contribution in [2.45, 2.75) is 37.8 Å². The van der Waals surface area contributed by atoms with Gasteiger partial charge in [0, 0.05) is 41.6 Å². The number of nitrogens with one attached hydrogen (secondary N) is 1. The van der Waals surface area contributed by atoms with E-state index in [-0.39, 0.29) is 16.3 Å². The molecule has 0 aromatic carbocycles. The van der Waals surface area contributed by atoms with Crippen molar-refractivity contribution in [3.05, 3.63) is 18.0 Å². The fourth-order valence-corrected chi connectivity index (χ4v) is 4.13. The van der Waals surface area contributed by atoms with Crippen LogP contribution in [0.1, 0.15) is 30.8 Å². The van der Waals surface area contributed by atoms with Gasteiger partial charge < -0.3 is 9.67 Å². The maximum atomic E-state index is 12.2. The summed E-state index contributed by atoms with van der Waals surface area (Å²) in [6.07, 6.45) is 3.49. The van der Waals surface area contributed by atoms with Crippen molar-refractivity contribution in [1.29, 1.82) is 0 Å². The van der Waals surface area contributed by atoms with Crippen molar-refractivity contribution in [1.82, 2.24) is 9.29 Å². The lowest BCUT2D eigenvalue weighted by Gasteiger charge is -2.11. The van der Waals surface area contributed by atoms with Gasteiger partial charge >= 0.3 is 5.97 Å². The Hall–Kier alpha value is -1.19. The lowest BCUT2D eigenvalue weighted by Crippen LogP contribution is -2.36. The number of hydrogen-bond acceptors (Lipinski definition) is 4. The first-order chi connectivity index (χ1) is 9.67. The Morgan fingerprint density at radius 3 is 2.62 bits per heavy atom. The van der Waals surface area contributed by atoms with Crippen LogP contribution in [0.15, 0.2) is 17.2 Å². The molecule has 0 spiro atoms. The number of aryl methyl sites for hydroxylation is 1. The van der Waals surface area contributed by atoms with E-state index in [1.807, 2.05) is 6.92 Å². The summed E-state index contributed by atoms with van der Waals surface area (Å²) >= 11 is 0. The van der Waals surface area contributed by atoms with E-state index in [1.54, 1.807) is 6.92 Å². The zero-order valence-electron chi connectivity index (χ0n) is 12.2. The van der Waals surface area contributed by atoms with Crippen LogP contribution in [0.4, 0.5) is 0 Å². The Bertz CT molecular complexity index is 636. The maximum Gasteiger partial charge on any atom is 0.352 e. The average molecular weight is 336 g/mol. The topological polar surface area (TPSA) is 105 Å². The molecule has 7 nitrogen and oxygen atoms in total. The van der Waals surface area contributed by atoms with E-state index in [9.17, 15) is 17.4 Å². The second kappa shape index (κ2) is 7.19. The molecule has 120 valence electrons. The molecule has 0 amide bonds. The molecule has 0 bridgehead atoms. The fourth-order valence-electron chi connectivity index (χ4n) is 1.95. The average Bonchev–Trinajstić information content (AvgIpc) is 2.72. The Labute approximate surface area is 126 Å². The Morgan fingerprint density at radius 2 is 2.14 bits per heavy atom. The van der Waals surface area contributed by atoms with Gasteiger partial charge in [0.25, 0.3) is 0 Å². The van der Waals surface area contributed by atoms with Crippen LogP contribution in [0.5, 0.6) is 0 Å². The van der Waals surface area contributed by atoms with Gasteiger partial charge in [-0.05, 0) is 19.4 Å². The van der Waals surface area contributed by atoms with Crippen LogP contribution in [0, 0.1) is 0 Å².